The molecule has 6 heteroatoms. The van der Waals surface area contributed by atoms with Crippen LogP contribution in [0.15, 0.2) is 17.8 Å². The van der Waals surface area contributed by atoms with Gasteiger partial charge in [-0.25, -0.2) is 4.98 Å². The molecule has 21 heavy (non-hydrogen) atoms. The summed E-state index contributed by atoms with van der Waals surface area (Å²) >= 11 is 1.58. The second-order valence-corrected chi connectivity index (χ2v) is 6.87. The third-order valence-corrected chi connectivity index (χ3v) is 5.41. The van der Waals surface area contributed by atoms with Crippen molar-refractivity contribution in [2.24, 2.45) is 5.92 Å². The number of rotatable bonds is 3. The summed E-state index contributed by atoms with van der Waals surface area (Å²) in [7, 11) is 0. The number of carbonyl (C=O) groups is 1. The van der Waals surface area contributed by atoms with E-state index in [9.17, 15) is 4.79 Å². The summed E-state index contributed by atoms with van der Waals surface area (Å²) in [4.78, 5) is 23.2. The molecule has 0 aromatic carbocycles. The predicted octanol–water partition coefficient (Wildman–Crippen LogP) is 1.44. The number of thiazole rings is 1. The van der Waals surface area contributed by atoms with Crippen LogP contribution in [0.4, 0.5) is 0 Å². The highest BCUT2D eigenvalue weighted by atomic mass is 32.1. The second-order valence-electron chi connectivity index (χ2n) is 5.98. The molecule has 3 aliphatic heterocycles. The Labute approximate surface area is 127 Å². The summed E-state index contributed by atoms with van der Waals surface area (Å²) in [6.07, 6.45) is 4.55. The number of hydrogen-bond donors (Lipinski definition) is 1. The minimum Gasteiger partial charge on any atom is -0.351 e. The first kappa shape index (κ1) is 13.2. The summed E-state index contributed by atoms with van der Waals surface area (Å²) in [5.41, 5.74) is 3.54. The quantitative estimate of drug-likeness (QED) is 0.932. The van der Waals surface area contributed by atoms with Crippen LogP contribution in [0.3, 0.4) is 0 Å². The minimum absolute atomic E-state index is 0.0881. The zero-order chi connectivity index (χ0) is 14.2. The fraction of sp³-hybridized carbons (Fsp3) is 0.533. The second kappa shape index (κ2) is 5.35. The van der Waals surface area contributed by atoms with Crippen LogP contribution in [0, 0.1) is 5.92 Å². The molecule has 2 bridgehead atoms. The molecule has 2 aromatic rings. The Morgan fingerprint density at radius 1 is 1.38 bits per heavy atom. The zero-order valence-corrected chi connectivity index (χ0v) is 12.6. The van der Waals surface area contributed by atoms with Gasteiger partial charge in [-0.15, -0.1) is 11.3 Å². The largest absolute Gasteiger partial charge is 0.351 e. The number of nitrogens with zero attached hydrogens (tertiary/aromatic N) is 3. The number of pyridine rings is 1. The summed E-state index contributed by atoms with van der Waals surface area (Å²) < 4.78 is 1.09. The number of piperidine rings is 3. The molecule has 1 amide bonds. The molecule has 3 saturated heterocycles. The average Bonchev–Trinajstić information content (AvgIpc) is 2.96. The van der Waals surface area contributed by atoms with Gasteiger partial charge in [0.1, 0.15) is 0 Å². The first-order valence-electron chi connectivity index (χ1n) is 7.48. The third-order valence-electron chi connectivity index (χ3n) is 4.62. The SMILES string of the molecule is O=C(Cc1cc2scnc2cn1)N[C@H]1CN2CCC1CC2. The molecule has 0 spiro atoms. The molecule has 1 N–H and O–H groups in total. The van der Waals surface area contributed by atoms with Crippen molar-refractivity contribution in [3.05, 3.63) is 23.5 Å². The van der Waals surface area contributed by atoms with Crippen LogP contribution < -0.4 is 5.32 Å². The van der Waals surface area contributed by atoms with Gasteiger partial charge in [-0.05, 0) is 37.9 Å². The van der Waals surface area contributed by atoms with Gasteiger partial charge in [-0.2, -0.15) is 0 Å². The van der Waals surface area contributed by atoms with E-state index in [0.29, 0.717) is 18.4 Å². The van der Waals surface area contributed by atoms with Crippen molar-refractivity contribution < 1.29 is 4.79 Å². The fourth-order valence-electron chi connectivity index (χ4n) is 3.45. The van der Waals surface area contributed by atoms with E-state index in [1.807, 2.05) is 11.6 Å². The molecule has 5 rings (SSSR count). The van der Waals surface area contributed by atoms with Gasteiger partial charge in [0.05, 0.1) is 34.0 Å². The highest BCUT2D eigenvalue weighted by Crippen LogP contribution is 2.27. The average molecular weight is 302 g/mol. The lowest BCUT2D eigenvalue weighted by atomic mass is 9.84. The lowest BCUT2D eigenvalue weighted by molar-refractivity contribution is -0.122. The van der Waals surface area contributed by atoms with Crippen LogP contribution >= 0.6 is 11.3 Å². The standard InChI is InChI=1S/C15H18N4OS/c20-15(18-13-8-19-3-1-10(13)2-4-19)6-11-5-14-12(7-16-11)17-9-21-14/h5,7,9-10,13H,1-4,6,8H2,(H,18,20)/t13-/m0/s1. The third kappa shape index (κ3) is 2.65. The molecule has 3 aliphatic rings. The van der Waals surface area contributed by atoms with Crippen molar-refractivity contribution in [3.63, 3.8) is 0 Å². The van der Waals surface area contributed by atoms with Gasteiger partial charge in [0, 0.05) is 12.6 Å². The van der Waals surface area contributed by atoms with Crippen molar-refractivity contribution in [1.82, 2.24) is 20.2 Å². The highest BCUT2D eigenvalue weighted by Gasteiger charge is 2.34. The maximum atomic E-state index is 12.2. The van der Waals surface area contributed by atoms with Gasteiger partial charge in [0.2, 0.25) is 5.91 Å². The molecule has 0 aliphatic carbocycles. The molecule has 110 valence electrons. The molecule has 0 unspecified atom stereocenters. The van der Waals surface area contributed by atoms with Crippen LogP contribution in [0.2, 0.25) is 0 Å². The highest BCUT2D eigenvalue weighted by molar-refractivity contribution is 7.16. The van der Waals surface area contributed by atoms with Gasteiger partial charge in [-0.1, -0.05) is 0 Å². The van der Waals surface area contributed by atoms with Crippen molar-refractivity contribution in [3.8, 4) is 0 Å². The van der Waals surface area contributed by atoms with E-state index in [1.165, 1.54) is 25.9 Å². The van der Waals surface area contributed by atoms with Crippen molar-refractivity contribution in [1.29, 1.82) is 0 Å². The Bertz CT molecular complexity index is 662. The molecule has 5 nitrogen and oxygen atoms in total. The number of nitrogens with one attached hydrogen (secondary N) is 1. The molecule has 0 radical (unpaired) electrons. The number of amides is 1. The summed E-state index contributed by atoms with van der Waals surface area (Å²) in [5.74, 6) is 0.751. The molecule has 3 fully saturated rings. The van der Waals surface area contributed by atoms with Crippen LogP contribution in [-0.2, 0) is 11.2 Å². The molecule has 2 aromatic heterocycles. The maximum Gasteiger partial charge on any atom is 0.226 e. The van der Waals surface area contributed by atoms with E-state index in [1.54, 1.807) is 17.5 Å². The van der Waals surface area contributed by atoms with Gasteiger partial charge >= 0.3 is 0 Å². The monoisotopic (exact) mass is 302 g/mol. The van der Waals surface area contributed by atoms with Crippen LogP contribution in [0.5, 0.6) is 0 Å². The molecule has 0 saturated carbocycles. The summed E-state index contributed by atoms with van der Waals surface area (Å²) in [6, 6.07) is 2.30. The van der Waals surface area contributed by atoms with Crippen LogP contribution in [0.1, 0.15) is 18.5 Å². The minimum atomic E-state index is 0.0881. The lowest BCUT2D eigenvalue weighted by Gasteiger charge is -2.44. The summed E-state index contributed by atoms with van der Waals surface area (Å²) in [6.45, 7) is 3.40. The number of hydrogen-bond acceptors (Lipinski definition) is 5. The summed E-state index contributed by atoms with van der Waals surface area (Å²) in [5, 5.41) is 3.21. The molecular formula is C15H18N4OS. The van der Waals surface area contributed by atoms with E-state index < -0.39 is 0 Å². The van der Waals surface area contributed by atoms with E-state index in [0.717, 1.165) is 22.5 Å². The Morgan fingerprint density at radius 2 is 2.24 bits per heavy atom. The van der Waals surface area contributed by atoms with E-state index in [4.69, 9.17) is 0 Å². The van der Waals surface area contributed by atoms with Gasteiger partial charge in [-0.3, -0.25) is 9.78 Å². The normalized spacial score (nSPS) is 27.9. The van der Waals surface area contributed by atoms with Crippen molar-refractivity contribution >= 4 is 27.5 Å². The topological polar surface area (TPSA) is 58.1 Å². The Morgan fingerprint density at radius 3 is 3.00 bits per heavy atom. The number of carbonyl (C=O) groups excluding carboxylic acids is 1. The molecule has 5 heterocycles. The lowest BCUT2D eigenvalue weighted by Crippen LogP contribution is -2.57. The van der Waals surface area contributed by atoms with Crippen molar-refractivity contribution in [2.75, 3.05) is 19.6 Å². The number of fused-ring (bicyclic) bond motifs is 4. The molecular weight excluding hydrogens is 284 g/mol. The van der Waals surface area contributed by atoms with E-state index >= 15 is 0 Å². The van der Waals surface area contributed by atoms with E-state index in [-0.39, 0.29) is 5.91 Å². The number of aromatic nitrogens is 2. The van der Waals surface area contributed by atoms with Gasteiger partial charge in [0.15, 0.2) is 0 Å². The van der Waals surface area contributed by atoms with Gasteiger partial charge in [0.25, 0.3) is 0 Å². The smallest absolute Gasteiger partial charge is 0.226 e. The Kier molecular flexibility index (Phi) is 3.35. The zero-order valence-electron chi connectivity index (χ0n) is 11.8. The Hall–Kier alpha value is -1.53. The predicted molar refractivity (Wildman–Crippen MR) is 82.2 cm³/mol. The van der Waals surface area contributed by atoms with E-state index in [2.05, 4.69) is 20.2 Å². The van der Waals surface area contributed by atoms with Crippen LogP contribution in [-0.4, -0.2) is 46.5 Å². The van der Waals surface area contributed by atoms with Crippen LogP contribution in [0.25, 0.3) is 10.2 Å². The first-order valence-corrected chi connectivity index (χ1v) is 8.36. The fourth-order valence-corrected chi connectivity index (χ4v) is 4.16. The first-order chi connectivity index (χ1) is 10.3. The molecule has 1 atom stereocenters. The van der Waals surface area contributed by atoms with Gasteiger partial charge < -0.3 is 10.2 Å². The Balaban J connectivity index is 1.41. The van der Waals surface area contributed by atoms with Crippen molar-refractivity contribution in [2.45, 2.75) is 25.3 Å². The maximum absolute atomic E-state index is 12.2.